The zero-order valence-electron chi connectivity index (χ0n) is 13.8. The fourth-order valence-corrected chi connectivity index (χ4v) is 4.74. The average molecular weight is 368 g/mol. The topological polar surface area (TPSA) is 93.1 Å². The van der Waals surface area contributed by atoms with E-state index in [4.69, 9.17) is 0 Å². The first-order valence-electron chi connectivity index (χ1n) is 7.70. The van der Waals surface area contributed by atoms with Crippen molar-refractivity contribution in [3.05, 3.63) is 28.5 Å². The third-order valence-electron chi connectivity index (χ3n) is 4.20. The Labute approximate surface area is 145 Å². The van der Waals surface area contributed by atoms with Crippen molar-refractivity contribution in [1.82, 2.24) is 14.3 Å². The van der Waals surface area contributed by atoms with Crippen LogP contribution in [0.5, 0.6) is 0 Å². The lowest BCUT2D eigenvalue weighted by Crippen LogP contribution is -2.18. The van der Waals surface area contributed by atoms with Crippen LogP contribution in [0.4, 0.5) is 5.13 Å². The van der Waals surface area contributed by atoms with Gasteiger partial charge in [0.1, 0.15) is 10.6 Å². The highest BCUT2D eigenvalue weighted by molar-refractivity contribution is 7.89. The highest BCUT2D eigenvalue weighted by Crippen LogP contribution is 2.32. The molecule has 2 aromatic rings. The number of fused-ring (bicyclic) bond motifs is 1. The van der Waals surface area contributed by atoms with Gasteiger partial charge in [-0.3, -0.25) is 10.1 Å². The molecule has 0 fully saturated rings. The fourth-order valence-electron chi connectivity index (χ4n) is 2.78. The zero-order chi connectivity index (χ0) is 17.5. The molecule has 24 heavy (non-hydrogen) atoms. The second kappa shape index (κ2) is 6.30. The van der Waals surface area contributed by atoms with Crippen LogP contribution in [0.15, 0.2) is 17.2 Å². The summed E-state index contributed by atoms with van der Waals surface area (Å²) in [5, 5.41) is 3.35. The average Bonchev–Trinajstić information content (AvgIpc) is 3.10. The summed E-state index contributed by atoms with van der Waals surface area (Å²) in [7, 11) is -0.605. The van der Waals surface area contributed by atoms with Crippen LogP contribution in [0.3, 0.4) is 0 Å². The van der Waals surface area contributed by atoms with E-state index < -0.39 is 10.0 Å². The standard InChI is InChI=1S/C15H20N4O3S2/c1-9-4-5-11-13(6-9)23-15(17-11)18-14(20)12-7-10(8-19(12)3)24(21,22)16-2/h7-9,16H,4-6H2,1-3H3,(H,17,18,20). The number of aromatic nitrogens is 2. The highest BCUT2D eigenvalue weighted by Gasteiger charge is 2.23. The van der Waals surface area contributed by atoms with Gasteiger partial charge >= 0.3 is 0 Å². The Hall–Kier alpha value is -1.71. The first kappa shape index (κ1) is 17.1. The van der Waals surface area contributed by atoms with E-state index in [1.807, 2.05) is 0 Å². The Morgan fingerprint density at radius 3 is 2.92 bits per heavy atom. The smallest absolute Gasteiger partial charge is 0.274 e. The summed E-state index contributed by atoms with van der Waals surface area (Å²) in [6.07, 6.45) is 4.47. The van der Waals surface area contributed by atoms with Crippen LogP contribution in [0, 0.1) is 5.92 Å². The van der Waals surface area contributed by atoms with Crippen molar-refractivity contribution >= 4 is 32.4 Å². The summed E-state index contributed by atoms with van der Waals surface area (Å²) in [5.41, 5.74) is 1.34. The van der Waals surface area contributed by atoms with E-state index in [9.17, 15) is 13.2 Å². The number of thiazole rings is 1. The minimum Gasteiger partial charge on any atom is -0.345 e. The molecule has 2 heterocycles. The Balaban J connectivity index is 1.81. The van der Waals surface area contributed by atoms with E-state index in [2.05, 4.69) is 21.9 Å². The summed E-state index contributed by atoms with van der Waals surface area (Å²) in [5.74, 6) is 0.276. The molecular weight excluding hydrogens is 348 g/mol. The van der Waals surface area contributed by atoms with Gasteiger partial charge in [0.15, 0.2) is 5.13 Å². The van der Waals surface area contributed by atoms with Crippen molar-refractivity contribution in [2.45, 2.75) is 31.1 Å². The van der Waals surface area contributed by atoms with Crippen molar-refractivity contribution < 1.29 is 13.2 Å². The van der Waals surface area contributed by atoms with Gasteiger partial charge in [-0.05, 0) is 38.3 Å². The summed E-state index contributed by atoms with van der Waals surface area (Å²) in [4.78, 5) is 18.3. The van der Waals surface area contributed by atoms with E-state index in [1.165, 1.54) is 40.1 Å². The molecule has 1 aliphatic rings. The van der Waals surface area contributed by atoms with Gasteiger partial charge in [-0.2, -0.15) is 0 Å². The van der Waals surface area contributed by atoms with Crippen molar-refractivity contribution in [3.8, 4) is 0 Å². The molecule has 1 amide bonds. The third-order valence-corrected chi connectivity index (χ3v) is 6.61. The summed E-state index contributed by atoms with van der Waals surface area (Å²) < 4.78 is 27.4. The molecule has 9 heteroatoms. The molecule has 0 aromatic carbocycles. The van der Waals surface area contributed by atoms with E-state index >= 15 is 0 Å². The predicted octanol–water partition coefficient (Wildman–Crippen LogP) is 1.77. The molecule has 7 nitrogen and oxygen atoms in total. The lowest BCUT2D eigenvalue weighted by Gasteiger charge is -2.15. The number of nitrogens with one attached hydrogen (secondary N) is 2. The number of carbonyl (C=O) groups excluding carboxylic acids is 1. The monoisotopic (exact) mass is 368 g/mol. The van der Waals surface area contributed by atoms with Crippen molar-refractivity contribution in [2.24, 2.45) is 13.0 Å². The summed E-state index contributed by atoms with van der Waals surface area (Å²) in [6.45, 7) is 2.22. The maximum absolute atomic E-state index is 12.5. The Morgan fingerprint density at radius 1 is 1.46 bits per heavy atom. The van der Waals surface area contributed by atoms with Gasteiger partial charge in [0.05, 0.1) is 5.69 Å². The van der Waals surface area contributed by atoms with Gasteiger partial charge in [0.25, 0.3) is 5.91 Å². The molecule has 0 aliphatic heterocycles. The van der Waals surface area contributed by atoms with E-state index in [-0.39, 0.29) is 16.5 Å². The Kier molecular flexibility index (Phi) is 4.50. The zero-order valence-corrected chi connectivity index (χ0v) is 15.4. The van der Waals surface area contributed by atoms with Gasteiger partial charge in [-0.1, -0.05) is 6.92 Å². The first-order valence-corrected chi connectivity index (χ1v) is 10.00. The van der Waals surface area contributed by atoms with Crippen molar-refractivity contribution in [3.63, 3.8) is 0 Å². The van der Waals surface area contributed by atoms with Crippen molar-refractivity contribution in [2.75, 3.05) is 12.4 Å². The van der Waals surface area contributed by atoms with Crippen LogP contribution in [-0.4, -0.2) is 30.9 Å². The molecule has 0 saturated heterocycles. The molecule has 0 saturated carbocycles. The number of amides is 1. The van der Waals surface area contributed by atoms with Crippen LogP contribution in [0.2, 0.25) is 0 Å². The SMILES string of the molecule is CNS(=O)(=O)c1cc(C(=O)Nc2nc3c(s2)CC(C)CC3)n(C)c1. The molecule has 130 valence electrons. The third kappa shape index (κ3) is 3.24. The minimum atomic E-state index is -3.58. The second-order valence-corrected chi connectivity index (χ2v) is 9.04. The number of nitrogens with zero attached hydrogens (tertiary/aromatic N) is 2. The number of aryl methyl sites for hydroxylation is 2. The van der Waals surface area contributed by atoms with Crippen LogP contribution < -0.4 is 10.0 Å². The minimum absolute atomic E-state index is 0.0601. The summed E-state index contributed by atoms with van der Waals surface area (Å²) >= 11 is 1.50. The number of carbonyl (C=O) groups is 1. The predicted molar refractivity (Wildman–Crippen MR) is 92.9 cm³/mol. The molecule has 3 rings (SSSR count). The number of sulfonamides is 1. The molecule has 1 atom stereocenters. The van der Waals surface area contributed by atoms with Crippen LogP contribution in [0.25, 0.3) is 0 Å². The molecular formula is C15H20N4O3S2. The van der Waals surface area contributed by atoms with Crippen molar-refractivity contribution in [1.29, 1.82) is 0 Å². The highest BCUT2D eigenvalue weighted by atomic mass is 32.2. The molecule has 2 aromatic heterocycles. The number of anilines is 1. The maximum Gasteiger partial charge on any atom is 0.274 e. The fraction of sp³-hybridized carbons (Fsp3) is 0.467. The first-order chi connectivity index (χ1) is 11.3. The molecule has 0 spiro atoms. The maximum atomic E-state index is 12.5. The van der Waals surface area contributed by atoms with Gasteiger partial charge < -0.3 is 4.57 Å². The van der Waals surface area contributed by atoms with Gasteiger partial charge in [-0.25, -0.2) is 18.1 Å². The van der Waals surface area contributed by atoms with E-state index in [0.717, 1.165) is 25.0 Å². The summed E-state index contributed by atoms with van der Waals surface area (Å²) in [6, 6.07) is 1.36. The van der Waals surface area contributed by atoms with E-state index in [1.54, 1.807) is 7.05 Å². The number of hydrogen-bond donors (Lipinski definition) is 2. The molecule has 1 unspecified atom stereocenters. The van der Waals surface area contributed by atoms with Gasteiger partial charge in [0, 0.05) is 18.1 Å². The number of rotatable bonds is 4. The molecule has 2 N–H and O–H groups in total. The van der Waals surface area contributed by atoms with Crippen LogP contribution in [-0.2, 0) is 29.9 Å². The molecule has 0 radical (unpaired) electrons. The lowest BCUT2D eigenvalue weighted by atomic mass is 9.93. The van der Waals surface area contributed by atoms with Gasteiger partial charge in [0.2, 0.25) is 10.0 Å². The quantitative estimate of drug-likeness (QED) is 0.860. The molecule has 0 bridgehead atoms. The second-order valence-electron chi connectivity index (χ2n) is 6.07. The largest absolute Gasteiger partial charge is 0.345 e. The number of hydrogen-bond acceptors (Lipinski definition) is 5. The Morgan fingerprint density at radius 2 is 2.21 bits per heavy atom. The van der Waals surface area contributed by atoms with Crippen LogP contribution >= 0.6 is 11.3 Å². The normalized spacial score (nSPS) is 17.5. The van der Waals surface area contributed by atoms with E-state index in [0.29, 0.717) is 11.0 Å². The molecule has 1 aliphatic carbocycles. The lowest BCUT2D eigenvalue weighted by molar-refractivity contribution is 0.101. The van der Waals surface area contributed by atoms with Crippen LogP contribution in [0.1, 0.15) is 34.4 Å². The van der Waals surface area contributed by atoms with Gasteiger partial charge in [-0.15, -0.1) is 11.3 Å². The Bertz CT molecular complexity index is 883.